The molecule has 10 aromatic carbocycles. The fourth-order valence-corrected chi connectivity index (χ4v) is 10.0. The number of benzene rings is 10. The molecule has 11 aromatic rings. The molecule has 0 saturated carbocycles. The van der Waals surface area contributed by atoms with E-state index in [-0.39, 0.29) is 0 Å². The molecule has 0 radical (unpaired) electrons. The minimum atomic E-state index is -0.521. The van der Waals surface area contributed by atoms with Gasteiger partial charge in [0.2, 0.25) is 0 Å². The van der Waals surface area contributed by atoms with Crippen molar-refractivity contribution in [3.63, 3.8) is 0 Å². The zero-order valence-electron chi connectivity index (χ0n) is 33.4. The van der Waals surface area contributed by atoms with Crippen molar-refractivity contribution in [2.75, 3.05) is 4.90 Å². The Labute approximate surface area is 355 Å². The molecule has 1 aliphatic carbocycles. The minimum absolute atomic E-state index is 0.521. The van der Waals surface area contributed by atoms with E-state index in [1.807, 2.05) is 0 Å². The number of hydrogen-bond acceptors (Lipinski definition) is 2. The lowest BCUT2D eigenvalue weighted by molar-refractivity contribution is 0.670. The molecule has 0 atom stereocenters. The summed E-state index contributed by atoms with van der Waals surface area (Å²) < 4.78 is 6.88. The maximum absolute atomic E-state index is 6.88. The summed E-state index contributed by atoms with van der Waals surface area (Å²) in [5.41, 5.74) is 16.5. The minimum Gasteiger partial charge on any atom is -0.455 e. The molecule has 1 aliphatic rings. The Bertz CT molecular complexity index is 3360. The summed E-state index contributed by atoms with van der Waals surface area (Å²) in [4.78, 5) is 2.43. The van der Waals surface area contributed by atoms with Crippen molar-refractivity contribution in [2.24, 2.45) is 0 Å². The molecule has 0 spiro atoms. The van der Waals surface area contributed by atoms with E-state index in [0.29, 0.717) is 0 Å². The van der Waals surface area contributed by atoms with Gasteiger partial charge in [-0.2, -0.15) is 0 Å². The van der Waals surface area contributed by atoms with Crippen LogP contribution >= 0.6 is 0 Å². The molecule has 0 unspecified atom stereocenters. The number of rotatable bonds is 7. The van der Waals surface area contributed by atoms with Crippen LogP contribution < -0.4 is 4.90 Å². The number of para-hydroxylation sites is 1. The summed E-state index contributed by atoms with van der Waals surface area (Å²) in [6.45, 7) is 0. The summed E-state index contributed by atoms with van der Waals surface area (Å²) in [6.07, 6.45) is 0. The number of furan rings is 1. The molecule has 0 saturated heterocycles. The van der Waals surface area contributed by atoms with Crippen LogP contribution in [0.1, 0.15) is 22.3 Å². The molecule has 2 heteroatoms. The van der Waals surface area contributed by atoms with E-state index < -0.39 is 5.41 Å². The fourth-order valence-electron chi connectivity index (χ4n) is 10.0. The zero-order chi connectivity index (χ0) is 40.3. The van der Waals surface area contributed by atoms with Gasteiger partial charge in [-0.05, 0) is 91.7 Å². The molecular weight excluding hydrogens is 739 g/mol. The maximum atomic E-state index is 6.88. The van der Waals surface area contributed by atoms with E-state index >= 15 is 0 Å². The van der Waals surface area contributed by atoms with Crippen molar-refractivity contribution in [2.45, 2.75) is 5.41 Å². The van der Waals surface area contributed by atoms with Gasteiger partial charge in [0.1, 0.15) is 11.2 Å². The van der Waals surface area contributed by atoms with Crippen LogP contribution in [-0.4, -0.2) is 0 Å². The van der Waals surface area contributed by atoms with Crippen LogP contribution in [0.25, 0.3) is 66.1 Å². The van der Waals surface area contributed by atoms with Crippen LogP contribution in [0.3, 0.4) is 0 Å². The van der Waals surface area contributed by atoms with E-state index in [1.165, 1.54) is 55.3 Å². The smallest absolute Gasteiger partial charge is 0.143 e. The highest BCUT2D eigenvalue weighted by molar-refractivity contribution is 6.11. The largest absolute Gasteiger partial charge is 0.455 e. The third-order valence-electron chi connectivity index (χ3n) is 12.7. The van der Waals surface area contributed by atoms with Gasteiger partial charge in [0.15, 0.2) is 0 Å². The van der Waals surface area contributed by atoms with Crippen molar-refractivity contribution in [1.29, 1.82) is 0 Å². The Morgan fingerprint density at radius 1 is 0.361 bits per heavy atom. The Balaban J connectivity index is 1.10. The lowest BCUT2D eigenvalue weighted by Gasteiger charge is -2.34. The molecule has 0 aliphatic heterocycles. The third kappa shape index (κ3) is 5.50. The molecule has 0 fully saturated rings. The Kier molecular flexibility index (Phi) is 8.11. The summed E-state index contributed by atoms with van der Waals surface area (Å²) in [5.74, 6) is 0. The molecule has 286 valence electrons. The molecule has 61 heavy (non-hydrogen) atoms. The predicted octanol–water partition coefficient (Wildman–Crippen LogP) is 15.9. The van der Waals surface area contributed by atoms with E-state index in [9.17, 15) is 0 Å². The number of hydrogen-bond donors (Lipinski definition) is 0. The molecule has 0 N–H and O–H groups in total. The van der Waals surface area contributed by atoms with E-state index in [1.54, 1.807) is 0 Å². The van der Waals surface area contributed by atoms with Crippen LogP contribution in [0.4, 0.5) is 17.1 Å². The molecular formula is C59H39NO. The van der Waals surface area contributed by atoms with Crippen molar-refractivity contribution >= 4 is 49.8 Å². The average molecular weight is 778 g/mol. The SMILES string of the molecule is c1ccc(-c2cccc3c2oc2cc(N(c4ccc(-c5ccc6ccccc6c5)cc4)c4cccc5c4-c4ccccc4C5(c4ccccc4)c4ccccc4)ccc23)cc1. The zero-order valence-corrected chi connectivity index (χ0v) is 33.4. The van der Waals surface area contributed by atoms with Gasteiger partial charge in [-0.3, -0.25) is 0 Å². The van der Waals surface area contributed by atoms with Crippen LogP contribution in [0, 0.1) is 0 Å². The number of fused-ring (bicyclic) bond motifs is 7. The maximum Gasteiger partial charge on any atom is 0.143 e. The van der Waals surface area contributed by atoms with E-state index in [2.05, 4.69) is 241 Å². The lowest BCUT2D eigenvalue weighted by Crippen LogP contribution is -2.28. The monoisotopic (exact) mass is 777 g/mol. The van der Waals surface area contributed by atoms with Gasteiger partial charge in [-0.15, -0.1) is 0 Å². The summed E-state index contributed by atoms with van der Waals surface area (Å²) in [7, 11) is 0. The molecule has 0 amide bonds. The second-order valence-corrected chi connectivity index (χ2v) is 16.0. The highest BCUT2D eigenvalue weighted by Crippen LogP contribution is 2.59. The highest BCUT2D eigenvalue weighted by atomic mass is 16.3. The second-order valence-electron chi connectivity index (χ2n) is 16.0. The topological polar surface area (TPSA) is 16.4 Å². The van der Waals surface area contributed by atoms with Gasteiger partial charge in [-0.1, -0.05) is 194 Å². The van der Waals surface area contributed by atoms with Crippen LogP contribution in [0.5, 0.6) is 0 Å². The van der Waals surface area contributed by atoms with Crippen molar-refractivity contribution in [3.05, 3.63) is 259 Å². The standard InChI is InChI=1S/C59H39NO/c1-4-17-42(18-5-1)49-25-14-26-51-50-37-36-48(39-56(50)61-58(49)51)60(47-34-32-41(33-35-47)44-31-30-40-16-10-11-19-43(40)38-44)55-29-15-28-54-57(55)52-24-12-13-27-53(52)59(54,45-20-6-2-7-21-45)46-22-8-3-9-23-46/h1-39H. The Hall–Kier alpha value is -7.94. The van der Waals surface area contributed by atoms with E-state index in [0.717, 1.165) is 50.1 Å². The predicted molar refractivity (Wildman–Crippen MR) is 254 cm³/mol. The van der Waals surface area contributed by atoms with Gasteiger partial charge >= 0.3 is 0 Å². The molecule has 2 nitrogen and oxygen atoms in total. The number of nitrogens with zero attached hydrogens (tertiary/aromatic N) is 1. The van der Waals surface area contributed by atoms with Gasteiger partial charge in [0, 0.05) is 39.3 Å². The Morgan fingerprint density at radius 2 is 0.967 bits per heavy atom. The summed E-state index contributed by atoms with van der Waals surface area (Å²) in [5, 5.41) is 4.68. The number of anilines is 3. The van der Waals surface area contributed by atoms with Gasteiger partial charge in [-0.25, -0.2) is 0 Å². The second kappa shape index (κ2) is 14.1. The third-order valence-corrected chi connectivity index (χ3v) is 12.7. The average Bonchev–Trinajstić information content (AvgIpc) is 3.87. The summed E-state index contributed by atoms with van der Waals surface area (Å²) in [6, 6.07) is 85.9. The molecule has 1 heterocycles. The fraction of sp³-hybridized carbons (Fsp3) is 0.0169. The van der Waals surface area contributed by atoms with Crippen molar-refractivity contribution in [3.8, 4) is 33.4 Å². The van der Waals surface area contributed by atoms with Crippen molar-refractivity contribution < 1.29 is 4.42 Å². The van der Waals surface area contributed by atoms with Gasteiger partial charge in [0.05, 0.1) is 11.1 Å². The van der Waals surface area contributed by atoms with Crippen molar-refractivity contribution in [1.82, 2.24) is 0 Å². The first-order valence-electron chi connectivity index (χ1n) is 21.0. The van der Waals surface area contributed by atoms with Crippen LogP contribution in [0.15, 0.2) is 241 Å². The first-order valence-corrected chi connectivity index (χ1v) is 21.0. The normalized spacial score (nSPS) is 12.7. The first kappa shape index (κ1) is 35.0. The quantitative estimate of drug-likeness (QED) is 0.160. The van der Waals surface area contributed by atoms with Crippen LogP contribution in [-0.2, 0) is 5.41 Å². The lowest BCUT2D eigenvalue weighted by atomic mass is 9.68. The first-order chi connectivity index (χ1) is 30.3. The van der Waals surface area contributed by atoms with Gasteiger partial charge in [0.25, 0.3) is 0 Å². The van der Waals surface area contributed by atoms with Gasteiger partial charge < -0.3 is 9.32 Å². The van der Waals surface area contributed by atoms with Crippen LogP contribution in [0.2, 0.25) is 0 Å². The van der Waals surface area contributed by atoms with E-state index in [4.69, 9.17) is 4.42 Å². The molecule has 0 bridgehead atoms. The highest BCUT2D eigenvalue weighted by Gasteiger charge is 2.47. The molecule has 12 rings (SSSR count). The summed E-state index contributed by atoms with van der Waals surface area (Å²) >= 11 is 0. The Morgan fingerprint density at radius 3 is 1.74 bits per heavy atom. The molecule has 1 aromatic heterocycles.